The fourth-order valence-corrected chi connectivity index (χ4v) is 1.86. The molecule has 0 aliphatic heterocycles. The van der Waals surface area contributed by atoms with E-state index >= 15 is 0 Å². The first-order valence-electron chi connectivity index (χ1n) is 4.03. The SMILES string of the molecule is N[C@@H]1CCc2c1cc(F)c(Cl)c2F. The minimum Gasteiger partial charge on any atom is -0.324 e. The lowest BCUT2D eigenvalue weighted by Crippen LogP contribution is -2.06. The summed E-state index contributed by atoms with van der Waals surface area (Å²) in [5.41, 5.74) is 6.68. The molecule has 2 rings (SSSR count). The Morgan fingerprint density at radius 1 is 1.46 bits per heavy atom. The predicted molar refractivity (Wildman–Crippen MR) is 46.6 cm³/mol. The van der Waals surface area contributed by atoms with Crippen LogP contribution in [-0.4, -0.2) is 0 Å². The summed E-state index contributed by atoms with van der Waals surface area (Å²) in [5.74, 6) is -1.38. The van der Waals surface area contributed by atoms with E-state index < -0.39 is 16.7 Å². The van der Waals surface area contributed by atoms with E-state index in [-0.39, 0.29) is 6.04 Å². The van der Waals surface area contributed by atoms with Crippen molar-refractivity contribution in [3.8, 4) is 0 Å². The van der Waals surface area contributed by atoms with Crippen molar-refractivity contribution in [3.05, 3.63) is 33.9 Å². The van der Waals surface area contributed by atoms with Crippen molar-refractivity contribution in [1.82, 2.24) is 0 Å². The van der Waals surface area contributed by atoms with Gasteiger partial charge < -0.3 is 5.73 Å². The van der Waals surface area contributed by atoms with Crippen molar-refractivity contribution < 1.29 is 8.78 Å². The van der Waals surface area contributed by atoms with E-state index in [1.807, 2.05) is 0 Å². The molecule has 1 aliphatic carbocycles. The first kappa shape index (κ1) is 8.91. The summed E-state index contributed by atoms with van der Waals surface area (Å²) < 4.78 is 26.3. The molecule has 0 spiro atoms. The number of fused-ring (bicyclic) bond motifs is 1. The molecule has 1 aromatic carbocycles. The Balaban J connectivity index is 2.67. The first-order valence-corrected chi connectivity index (χ1v) is 4.41. The van der Waals surface area contributed by atoms with Crippen LogP contribution in [-0.2, 0) is 6.42 Å². The number of rotatable bonds is 0. The van der Waals surface area contributed by atoms with Gasteiger partial charge in [-0.25, -0.2) is 8.78 Å². The number of nitrogens with two attached hydrogens (primary N) is 1. The molecule has 0 aromatic heterocycles. The highest BCUT2D eigenvalue weighted by molar-refractivity contribution is 6.31. The van der Waals surface area contributed by atoms with E-state index in [1.54, 1.807) is 0 Å². The molecule has 0 fully saturated rings. The van der Waals surface area contributed by atoms with Gasteiger partial charge in [0.15, 0.2) is 0 Å². The number of benzene rings is 1. The highest BCUT2D eigenvalue weighted by Crippen LogP contribution is 2.35. The molecule has 13 heavy (non-hydrogen) atoms. The zero-order valence-electron chi connectivity index (χ0n) is 6.78. The maximum absolute atomic E-state index is 13.3. The van der Waals surface area contributed by atoms with Crippen LogP contribution in [0.1, 0.15) is 23.6 Å². The van der Waals surface area contributed by atoms with Gasteiger partial charge in [-0.2, -0.15) is 0 Å². The first-order chi connectivity index (χ1) is 6.11. The second-order valence-corrected chi connectivity index (χ2v) is 3.58. The van der Waals surface area contributed by atoms with Crippen molar-refractivity contribution in [2.75, 3.05) is 0 Å². The van der Waals surface area contributed by atoms with Gasteiger partial charge in [0.25, 0.3) is 0 Å². The highest BCUT2D eigenvalue weighted by atomic mass is 35.5. The molecule has 0 saturated carbocycles. The Morgan fingerprint density at radius 2 is 2.15 bits per heavy atom. The Morgan fingerprint density at radius 3 is 2.85 bits per heavy atom. The standard InChI is InChI=1S/C9H8ClF2N/c10-8-6(11)3-5-4(9(8)12)1-2-7(5)13/h3,7H,1-2,13H2/t7-/m1/s1. The molecule has 0 heterocycles. The van der Waals surface area contributed by atoms with E-state index in [4.69, 9.17) is 17.3 Å². The number of hydrogen-bond donors (Lipinski definition) is 1. The van der Waals surface area contributed by atoms with Crippen molar-refractivity contribution in [2.45, 2.75) is 18.9 Å². The minimum absolute atomic E-state index is 0.253. The quantitative estimate of drug-likeness (QED) is 0.645. The lowest BCUT2D eigenvalue weighted by Gasteiger charge is -2.06. The van der Waals surface area contributed by atoms with E-state index in [2.05, 4.69) is 0 Å². The van der Waals surface area contributed by atoms with Crippen molar-refractivity contribution >= 4 is 11.6 Å². The van der Waals surface area contributed by atoms with E-state index in [1.165, 1.54) is 6.07 Å². The van der Waals surface area contributed by atoms with Gasteiger partial charge in [0.1, 0.15) is 16.7 Å². The van der Waals surface area contributed by atoms with Crippen LogP contribution in [0.4, 0.5) is 8.78 Å². The Hall–Kier alpha value is -0.670. The third kappa shape index (κ3) is 1.23. The smallest absolute Gasteiger partial charge is 0.148 e. The summed E-state index contributed by atoms with van der Waals surface area (Å²) in [6.07, 6.45) is 1.20. The van der Waals surface area contributed by atoms with Crippen molar-refractivity contribution in [2.24, 2.45) is 5.73 Å². The normalized spacial score (nSPS) is 20.5. The number of halogens is 3. The molecule has 0 radical (unpaired) electrons. The van der Waals surface area contributed by atoms with Crippen LogP contribution >= 0.6 is 11.6 Å². The largest absolute Gasteiger partial charge is 0.324 e. The van der Waals surface area contributed by atoms with E-state index in [0.29, 0.717) is 24.0 Å². The molecule has 1 nitrogen and oxygen atoms in total. The third-order valence-electron chi connectivity index (χ3n) is 2.40. The second kappa shape index (κ2) is 2.93. The molecular weight excluding hydrogens is 196 g/mol. The molecule has 0 amide bonds. The molecule has 1 atom stereocenters. The average molecular weight is 204 g/mol. The molecule has 2 N–H and O–H groups in total. The van der Waals surface area contributed by atoms with Gasteiger partial charge in [-0.3, -0.25) is 0 Å². The zero-order valence-corrected chi connectivity index (χ0v) is 7.54. The lowest BCUT2D eigenvalue weighted by atomic mass is 10.1. The monoisotopic (exact) mass is 203 g/mol. The fourth-order valence-electron chi connectivity index (χ4n) is 1.69. The summed E-state index contributed by atoms with van der Waals surface area (Å²) in [6, 6.07) is 0.981. The van der Waals surface area contributed by atoms with Crippen LogP contribution in [0.5, 0.6) is 0 Å². The average Bonchev–Trinajstić information content (AvgIpc) is 2.45. The Bertz CT molecular complexity index is 365. The molecule has 0 unspecified atom stereocenters. The van der Waals surface area contributed by atoms with Gasteiger partial charge in [-0.15, -0.1) is 0 Å². The van der Waals surface area contributed by atoms with Crippen LogP contribution in [0, 0.1) is 11.6 Å². The maximum Gasteiger partial charge on any atom is 0.148 e. The summed E-state index contributed by atoms with van der Waals surface area (Å²) in [4.78, 5) is 0. The molecule has 1 aliphatic rings. The molecule has 0 bridgehead atoms. The summed E-state index contributed by atoms with van der Waals surface area (Å²) in [5, 5.41) is -0.423. The van der Waals surface area contributed by atoms with Gasteiger partial charge in [-0.05, 0) is 30.0 Å². The fraction of sp³-hybridized carbons (Fsp3) is 0.333. The summed E-state index contributed by atoms with van der Waals surface area (Å²) >= 11 is 5.42. The molecule has 1 aromatic rings. The zero-order chi connectivity index (χ0) is 9.59. The predicted octanol–water partition coefficient (Wildman–Crippen LogP) is 2.56. The molecule has 70 valence electrons. The topological polar surface area (TPSA) is 26.0 Å². The maximum atomic E-state index is 13.3. The molecular formula is C9H8ClF2N. The van der Waals surface area contributed by atoms with Gasteiger partial charge in [0.05, 0.1) is 0 Å². The Labute approximate surface area is 79.5 Å². The van der Waals surface area contributed by atoms with Crippen LogP contribution in [0.15, 0.2) is 6.07 Å². The molecule has 4 heteroatoms. The van der Waals surface area contributed by atoms with Crippen molar-refractivity contribution in [3.63, 3.8) is 0 Å². The number of hydrogen-bond acceptors (Lipinski definition) is 1. The summed E-state index contributed by atoms with van der Waals surface area (Å²) in [6.45, 7) is 0. The third-order valence-corrected chi connectivity index (χ3v) is 2.75. The second-order valence-electron chi connectivity index (χ2n) is 3.20. The van der Waals surface area contributed by atoms with Gasteiger partial charge in [0, 0.05) is 6.04 Å². The van der Waals surface area contributed by atoms with Crippen molar-refractivity contribution in [1.29, 1.82) is 0 Å². The lowest BCUT2D eigenvalue weighted by molar-refractivity contribution is 0.574. The minimum atomic E-state index is -0.727. The van der Waals surface area contributed by atoms with Gasteiger partial charge in [0.2, 0.25) is 0 Å². The van der Waals surface area contributed by atoms with E-state index in [9.17, 15) is 8.78 Å². The Kier molecular flexibility index (Phi) is 2.00. The van der Waals surface area contributed by atoms with Crippen LogP contribution < -0.4 is 5.73 Å². The van der Waals surface area contributed by atoms with E-state index in [0.717, 1.165) is 0 Å². The summed E-state index contributed by atoms with van der Waals surface area (Å²) in [7, 11) is 0. The van der Waals surface area contributed by atoms with Crippen LogP contribution in [0.25, 0.3) is 0 Å². The molecule has 0 saturated heterocycles. The van der Waals surface area contributed by atoms with Crippen LogP contribution in [0.2, 0.25) is 5.02 Å². The highest BCUT2D eigenvalue weighted by Gasteiger charge is 2.25. The van der Waals surface area contributed by atoms with Crippen LogP contribution in [0.3, 0.4) is 0 Å². The van der Waals surface area contributed by atoms with Gasteiger partial charge in [-0.1, -0.05) is 11.6 Å². The van der Waals surface area contributed by atoms with Gasteiger partial charge >= 0.3 is 0 Å².